The van der Waals surface area contributed by atoms with Crippen LogP contribution in [0.2, 0.25) is 0 Å². The molecule has 1 aromatic carbocycles. The van der Waals surface area contributed by atoms with E-state index in [-0.39, 0.29) is 5.91 Å². The van der Waals surface area contributed by atoms with E-state index in [0.29, 0.717) is 18.9 Å². The van der Waals surface area contributed by atoms with Crippen LogP contribution in [0.3, 0.4) is 0 Å². The molecule has 4 nitrogen and oxygen atoms in total. The van der Waals surface area contributed by atoms with Gasteiger partial charge in [0.1, 0.15) is 18.1 Å². The molecule has 5 heteroatoms. The van der Waals surface area contributed by atoms with Crippen molar-refractivity contribution in [2.75, 3.05) is 13.2 Å². The summed E-state index contributed by atoms with van der Waals surface area (Å²) in [5.74, 6) is 1.33. The minimum atomic E-state index is -0.171. The van der Waals surface area contributed by atoms with E-state index in [1.807, 2.05) is 43.3 Å². The summed E-state index contributed by atoms with van der Waals surface area (Å²) in [6.07, 6.45) is 3.09. The van der Waals surface area contributed by atoms with Crippen molar-refractivity contribution < 1.29 is 13.9 Å². The topological polar surface area (TPSA) is 51.5 Å². The second-order valence-electron chi connectivity index (χ2n) is 4.38. The molecule has 0 aliphatic heterocycles. The molecule has 21 heavy (non-hydrogen) atoms. The SMILES string of the molecule is Cc1ccccc1OCCNC(=O)/C=C/c1ccc(I)o1. The summed E-state index contributed by atoms with van der Waals surface area (Å²) >= 11 is 2.08. The predicted octanol–water partition coefficient (Wildman–Crippen LogP) is 3.40. The van der Waals surface area contributed by atoms with E-state index in [0.717, 1.165) is 15.1 Å². The first kappa shape index (κ1) is 15.6. The van der Waals surface area contributed by atoms with Gasteiger partial charge >= 0.3 is 0 Å². The van der Waals surface area contributed by atoms with Crippen LogP contribution in [-0.4, -0.2) is 19.1 Å². The van der Waals surface area contributed by atoms with Gasteiger partial charge in [0, 0.05) is 6.08 Å². The zero-order valence-electron chi connectivity index (χ0n) is 11.6. The van der Waals surface area contributed by atoms with Crippen LogP contribution in [0.15, 0.2) is 46.9 Å². The number of nitrogens with one attached hydrogen (secondary N) is 1. The third-order valence-corrected chi connectivity index (χ3v) is 3.33. The maximum absolute atomic E-state index is 11.6. The molecule has 0 unspecified atom stereocenters. The van der Waals surface area contributed by atoms with Gasteiger partial charge in [-0.05, 0) is 59.4 Å². The van der Waals surface area contributed by atoms with Gasteiger partial charge in [-0.3, -0.25) is 4.79 Å². The highest BCUT2D eigenvalue weighted by molar-refractivity contribution is 14.1. The van der Waals surface area contributed by atoms with E-state index in [4.69, 9.17) is 9.15 Å². The molecule has 110 valence electrons. The number of rotatable bonds is 6. The van der Waals surface area contributed by atoms with Gasteiger partial charge in [0.15, 0.2) is 3.77 Å². The number of amides is 1. The van der Waals surface area contributed by atoms with Gasteiger partial charge in [0.25, 0.3) is 0 Å². The minimum absolute atomic E-state index is 0.171. The maximum Gasteiger partial charge on any atom is 0.244 e. The number of halogens is 1. The molecule has 0 spiro atoms. The summed E-state index contributed by atoms with van der Waals surface area (Å²) < 4.78 is 11.7. The molecule has 1 amide bonds. The van der Waals surface area contributed by atoms with E-state index >= 15 is 0 Å². The lowest BCUT2D eigenvalue weighted by atomic mass is 10.2. The number of aryl methyl sites for hydroxylation is 1. The molecule has 0 aliphatic rings. The predicted molar refractivity (Wildman–Crippen MR) is 90.1 cm³/mol. The van der Waals surface area contributed by atoms with E-state index in [1.165, 1.54) is 6.08 Å². The van der Waals surface area contributed by atoms with Crippen LogP contribution >= 0.6 is 22.6 Å². The lowest BCUT2D eigenvalue weighted by Gasteiger charge is -2.08. The summed E-state index contributed by atoms with van der Waals surface area (Å²) in [5, 5.41) is 2.76. The van der Waals surface area contributed by atoms with Gasteiger partial charge in [-0.2, -0.15) is 0 Å². The molecular formula is C16H16INO3. The van der Waals surface area contributed by atoms with Crippen molar-refractivity contribution in [2.45, 2.75) is 6.92 Å². The summed E-state index contributed by atoms with van der Waals surface area (Å²) in [6.45, 7) is 2.87. The Morgan fingerprint density at radius 1 is 1.33 bits per heavy atom. The molecule has 0 saturated carbocycles. The molecule has 0 atom stereocenters. The van der Waals surface area contributed by atoms with Gasteiger partial charge < -0.3 is 14.5 Å². The average Bonchev–Trinajstić information content (AvgIpc) is 2.89. The highest BCUT2D eigenvalue weighted by atomic mass is 127. The van der Waals surface area contributed by atoms with Crippen molar-refractivity contribution in [1.82, 2.24) is 5.32 Å². The standard InChI is InChI=1S/C16H16INO3/c1-12-4-2-3-5-14(12)20-11-10-18-16(19)9-7-13-6-8-15(17)21-13/h2-9H,10-11H2,1H3,(H,18,19)/b9-7+. The monoisotopic (exact) mass is 397 g/mol. The largest absolute Gasteiger partial charge is 0.491 e. The first-order valence-corrected chi connectivity index (χ1v) is 7.63. The highest BCUT2D eigenvalue weighted by Crippen LogP contribution is 2.15. The lowest BCUT2D eigenvalue weighted by molar-refractivity contribution is -0.116. The summed E-state index contributed by atoms with van der Waals surface area (Å²) in [5.41, 5.74) is 1.08. The highest BCUT2D eigenvalue weighted by Gasteiger charge is 1.99. The summed E-state index contributed by atoms with van der Waals surface area (Å²) in [6, 6.07) is 11.4. The summed E-state index contributed by atoms with van der Waals surface area (Å²) in [7, 11) is 0. The Morgan fingerprint density at radius 3 is 2.86 bits per heavy atom. The fourth-order valence-corrected chi connectivity index (χ4v) is 2.12. The van der Waals surface area contributed by atoms with Crippen LogP contribution in [-0.2, 0) is 4.79 Å². The number of hydrogen-bond donors (Lipinski definition) is 1. The Morgan fingerprint density at radius 2 is 2.14 bits per heavy atom. The van der Waals surface area contributed by atoms with Crippen LogP contribution in [0.1, 0.15) is 11.3 Å². The zero-order chi connectivity index (χ0) is 15.1. The van der Waals surface area contributed by atoms with Crippen molar-refractivity contribution in [3.63, 3.8) is 0 Å². The minimum Gasteiger partial charge on any atom is -0.491 e. The van der Waals surface area contributed by atoms with Crippen molar-refractivity contribution >= 4 is 34.6 Å². The van der Waals surface area contributed by atoms with Gasteiger partial charge in [0.2, 0.25) is 5.91 Å². The maximum atomic E-state index is 11.6. The van der Waals surface area contributed by atoms with E-state index < -0.39 is 0 Å². The quantitative estimate of drug-likeness (QED) is 0.462. The number of carbonyl (C=O) groups excluding carboxylic acids is 1. The number of ether oxygens (including phenoxy) is 1. The molecule has 0 bridgehead atoms. The van der Waals surface area contributed by atoms with Crippen molar-refractivity contribution in [1.29, 1.82) is 0 Å². The second-order valence-corrected chi connectivity index (χ2v) is 5.44. The van der Waals surface area contributed by atoms with E-state index in [9.17, 15) is 4.79 Å². The van der Waals surface area contributed by atoms with Gasteiger partial charge in [-0.15, -0.1) is 0 Å². The van der Waals surface area contributed by atoms with Crippen molar-refractivity contribution in [3.8, 4) is 5.75 Å². The number of hydrogen-bond acceptors (Lipinski definition) is 3. The molecular weight excluding hydrogens is 381 g/mol. The Labute approximate surface area is 137 Å². The fraction of sp³-hybridized carbons (Fsp3) is 0.188. The number of furan rings is 1. The van der Waals surface area contributed by atoms with Gasteiger partial charge in [0.05, 0.1) is 6.54 Å². The van der Waals surface area contributed by atoms with Gasteiger partial charge in [-0.25, -0.2) is 0 Å². The van der Waals surface area contributed by atoms with E-state index in [2.05, 4.69) is 27.9 Å². The zero-order valence-corrected chi connectivity index (χ0v) is 13.8. The second kappa shape index (κ2) is 7.87. The first-order chi connectivity index (χ1) is 10.1. The van der Waals surface area contributed by atoms with Crippen LogP contribution in [0.5, 0.6) is 5.75 Å². The molecule has 1 heterocycles. The number of carbonyl (C=O) groups is 1. The first-order valence-electron chi connectivity index (χ1n) is 6.55. The molecule has 2 rings (SSSR count). The molecule has 0 saturated heterocycles. The Hall–Kier alpha value is -1.76. The Balaban J connectivity index is 1.70. The van der Waals surface area contributed by atoms with Crippen LogP contribution < -0.4 is 10.1 Å². The molecule has 0 aliphatic carbocycles. The van der Waals surface area contributed by atoms with Gasteiger partial charge in [-0.1, -0.05) is 18.2 Å². The Bertz CT molecular complexity index is 634. The molecule has 1 aromatic heterocycles. The third kappa shape index (κ3) is 5.26. The molecule has 0 radical (unpaired) electrons. The number of para-hydroxylation sites is 1. The molecule has 1 N–H and O–H groups in total. The normalized spacial score (nSPS) is 10.8. The summed E-state index contributed by atoms with van der Waals surface area (Å²) in [4.78, 5) is 11.6. The van der Waals surface area contributed by atoms with Crippen LogP contribution in [0, 0.1) is 10.7 Å². The van der Waals surface area contributed by atoms with Crippen LogP contribution in [0.25, 0.3) is 6.08 Å². The molecule has 0 fully saturated rings. The number of benzene rings is 1. The van der Waals surface area contributed by atoms with Crippen molar-refractivity contribution in [3.05, 3.63) is 57.6 Å². The van der Waals surface area contributed by atoms with E-state index in [1.54, 1.807) is 6.08 Å². The fourth-order valence-electron chi connectivity index (χ4n) is 1.69. The average molecular weight is 397 g/mol. The lowest BCUT2D eigenvalue weighted by Crippen LogP contribution is -2.26. The van der Waals surface area contributed by atoms with Crippen molar-refractivity contribution in [2.24, 2.45) is 0 Å². The molecule has 2 aromatic rings. The Kier molecular flexibility index (Phi) is 5.86. The smallest absolute Gasteiger partial charge is 0.244 e. The third-order valence-electron chi connectivity index (χ3n) is 2.75. The van der Waals surface area contributed by atoms with Crippen LogP contribution in [0.4, 0.5) is 0 Å².